The van der Waals surface area contributed by atoms with Crippen molar-refractivity contribution >= 4 is 5.91 Å². The summed E-state index contributed by atoms with van der Waals surface area (Å²) < 4.78 is 0. The van der Waals surface area contributed by atoms with Crippen LogP contribution in [-0.4, -0.2) is 40.9 Å². The van der Waals surface area contributed by atoms with Gasteiger partial charge in [0.05, 0.1) is 11.5 Å². The summed E-state index contributed by atoms with van der Waals surface area (Å²) in [5.41, 5.74) is -0.670. The first-order valence-electron chi connectivity index (χ1n) is 6.33. The minimum atomic E-state index is -0.547. The van der Waals surface area contributed by atoms with Gasteiger partial charge in [-0.25, -0.2) is 4.79 Å². The summed E-state index contributed by atoms with van der Waals surface area (Å²) in [7, 11) is 1.99. The minimum Gasteiger partial charge on any atom is -0.351 e. The molecular formula is C12H18N4O3. The van der Waals surface area contributed by atoms with Crippen molar-refractivity contribution in [1.29, 1.82) is 0 Å². The lowest BCUT2D eigenvalue weighted by Crippen LogP contribution is -2.41. The molecule has 3 N–H and O–H groups in total. The zero-order valence-electron chi connectivity index (χ0n) is 10.9. The molecule has 1 aromatic rings. The van der Waals surface area contributed by atoms with Gasteiger partial charge in [-0.1, -0.05) is 0 Å². The number of rotatable bonds is 3. The highest BCUT2D eigenvalue weighted by Gasteiger charge is 2.23. The van der Waals surface area contributed by atoms with E-state index < -0.39 is 11.2 Å². The molecule has 2 rings (SSSR count). The maximum Gasteiger partial charge on any atom is 0.325 e. The zero-order valence-corrected chi connectivity index (χ0v) is 10.9. The molecule has 0 bridgehead atoms. The van der Waals surface area contributed by atoms with Gasteiger partial charge in [0.25, 0.3) is 5.56 Å². The van der Waals surface area contributed by atoms with Crippen LogP contribution < -0.4 is 16.6 Å². The Morgan fingerprint density at radius 2 is 2.32 bits per heavy atom. The van der Waals surface area contributed by atoms with Gasteiger partial charge in [-0.15, -0.1) is 0 Å². The summed E-state index contributed by atoms with van der Waals surface area (Å²) in [5, 5.41) is 2.74. The van der Waals surface area contributed by atoms with Crippen molar-refractivity contribution in [2.75, 3.05) is 20.1 Å². The van der Waals surface area contributed by atoms with Crippen LogP contribution in [0.4, 0.5) is 0 Å². The van der Waals surface area contributed by atoms with Crippen molar-refractivity contribution in [3.05, 3.63) is 32.6 Å². The Balaban J connectivity index is 1.93. The first-order valence-corrected chi connectivity index (χ1v) is 6.33. The molecule has 0 saturated carbocycles. The third-order valence-electron chi connectivity index (χ3n) is 3.34. The molecule has 104 valence electrons. The minimum absolute atomic E-state index is 0.0272. The Bertz CT molecular complexity index is 563. The van der Waals surface area contributed by atoms with Crippen LogP contribution in [0.2, 0.25) is 0 Å². The summed E-state index contributed by atoms with van der Waals surface area (Å²) in [6.45, 7) is 1.89. The zero-order chi connectivity index (χ0) is 13.8. The number of carbonyl (C=O) groups excluding carboxylic acids is 1. The fourth-order valence-corrected chi connectivity index (χ4v) is 2.28. The average molecular weight is 266 g/mol. The van der Waals surface area contributed by atoms with E-state index in [1.54, 1.807) is 0 Å². The van der Waals surface area contributed by atoms with Gasteiger partial charge in [0, 0.05) is 19.3 Å². The number of nitrogens with zero attached hydrogens (tertiary/aromatic N) is 1. The lowest BCUT2D eigenvalue weighted by atomic mass is 9.97. The molecule has 0 radical (unpaired) electrons. The second-order valence-electron chi connectivity index (χ2n) is 4.92. The molecule has 7 nitrogen and oxygen atoms in total. The average Bonchev–Trinajstić information content (AvgIpc) is 2.37. The molecule has 0 spiro atoms. The number of aromatic amines is 2. The van der Waals surface area contributed by atoms with Gasteiger partial charge >= 0.3 is 5.69 Å². The third kappa shape index (κ3) is 3.54. The van der Waals surface area contributed by atoms with Crippen molar-refractivity contribution < 1.29 is 4.79 Å². The van der Waals surface area contributed by atoms with Crippen LogP contribution in [0.3, 0.4) is 0 Å². The third-order valence-corrected chi connectivity index (χ3v) is 3.34. The van der Waals surface area contributed by atoms with Crippen molar-refractivity contribution in [3.8, 4) is 0 Å². The molecule has 19 heavy (non-hydrogen) atoms. The van der Waals surface area contributed by atoms with E-state index in [1.165, 1.54) is 6.20 Å². The lowest BCUT2D eigenvalue weighted by molar-refractivity contribution is -0.126. The number of aromatic nitrogens is 2. The molecule has 1 aromatic heterocycles. The smallest absolute Gasteiger partial charge is 0.325 e. The van der Waals surface area contributed by atoms with Crippen LogP contribution in [0, 0.1) is 5.92 Å². The van der Waals surface area contributed by atoms with Crippen LogP contribution in [0.1, 0.15) is 18.4 Å². The molecule has 1 atom stereocenters. The first kappa shape index (κ1) is 13.5. The van der Waals surface area contributed by atoms with E-state index in [1.807, 2.05) is 7.05 Å². The van der Waals surface area contributed by atoms with Crippen molar-refractivity contribution in [2.24, 2.45) is 5.92 Å². The number of carbonyl (C=O) groups is 1. The van der Waals surface area contributed by atoms with Crippen molar-refractivity contribution in [3.63, 3.8) is 0 Å². The van der Waals surface area contributed by atoms with E-state index in [4.69, 9.17) is 0 Å². The van der Waals surface area contributed by atoms with E-state index in [-0.39, 0.29) is 18.4 Å². The number of hydrogen-bond acceptors (Lipinski definition) is 4. The van der Waals surface area contributed by atoms with Gasteiger partial charge in [-0.3, -0.25) is 14.6 Å². The number of nitrogens with one attached hydrogen (secondary N) is 3. The molecule has 1 aliphatic heterocycles. The Morgan fingerprint density at radius 1 is 1.53 bits per heavy atom. The molecule has 1 saturated heterocycles. The second-order valence-corrected chi connectivity index (χ2v) is 4.92. The van der Waals surface area contributed by atoms with E-state index >= 15 is 0 Å². The lowest BCUT2D eigenvalue weighted by Gasteiger charge is -2.28. The first-order chi connectivity index (χ1) is 9.06. The number of hydrogen-bond donors (Lipinski definition) is 3. The monoisotopic (exact) mass is 266 g/mol. The summed E-state index contributed by atoms with van der Waals surface area (Å²) in [6, 6.07) is 0. The van der Waals surface area contributed by atoms with Crippen LogP contribution in [0.15, 0.2) is 15.8 Å². The van der Waals surface area contributed by atoms with Gasteiger partial charge in [-0.05, 0) is 26.4 Å². The van der Waals surface area contributed by atoms with Gasteiger partial charge in [-0.2, -0.15) is 0 Å². The number of amides is 1. The van der Waals surface area contributed by atoms with Gasteiger partial charge < -0.3 is 15.2 Å². The second kappa shape index (κ2) is 5.83. The van der Waals surface area contributed by atoms with Gasteiger partial charge in [0.15, 0.2) is 0 Å². The predicted molar refractivity (Wildman–Crippen MR) is 69.8 cm³/mol. The maximum absolute atomic E-state index is 12.0. The molecule has 1 amide bonds. The molecule has 0 aliphatic carbocycles. The number of piperidine rings is 1. The Morgan fingerprint density at radius 3 is 3.00 bits per heavy atom. The summed E-state index contributed by atoms with van der Waals surface area (Å²) in [6.07, 6.45) is 3.21. The molecule has 0 aromatic carbocycles. The van der Waals surface area contributed by atoms with Gasteiger partial charge in [0.2, 0.25) is 5.91 Å². The number of likely N-dealkylation sites (tertiary alicyclic amines) is 1. The van der Waals surface area contributed by atoms with Gasteiger partial charge in [0.1, 0.15) is 0 Å². The van der Waals surface area contributed by atoms with Crippen molar-refractivity contribution in [2.45, 2.75) is 19.4 Å². The van der Waals surface area contributed by atoms with Crippen LogP contribution in [0.25, 0.3) is 0 Å². The van der Waals surface area contributed by atoms with E-state index in [2.05, 4.69) is 20.2 Å². The topological polar surface area (TPSA) is 98.1 Å². The fourth-order valence-electron chi connectivity index (χ4n) is 2.28. The standard InChI is InChI=1S/C12H18N4O3/c1-16-4-2-3-8(7-16)10(17)13-5-9-6-14-12(19)15-11(9)18/h6,8H,2-5,7H2,1H3,(H,13,17)(H2,14,15,18,19)/t8-/m1/s1. The summed E-state index contributed by atoms with van der Waals surface area (Å²) in [5.74, 6) is -0.0715. The van der Waals surface area contributed by atoms with E-state index in [9.17, 15) is 14.4 Å². The molecule has 2 heterocycles. The largest absolute Gasteiger partial charge is 0.351 e. The van der Waals surface area contributed by atoms with Crippen molar-refractivity contribution in [1.82, 2.24) is 20.2 Å². The molecule has 0 unspecified atom stereocenters. The highest BCUT2D eigenvalue weighted by atomic mass is 16.2. The molecule has 1 aliphatic rings. The maximum atomic E-state index is 12.0. The normalized spacial score (nSPS) is 20.2. The predicted octanol–water partition coefficient (Wildman–Crippen LogP) is -0.979. The summed E-state index contributed by atoms with van der Waals surface area (Å²) >= 11 is 0. The van der Waals surface area contributed by atoms with Crippen LogP contribution in [0.5, 0.6) is 0 Å². The number of H-pyrrole nitrogens is 2. The summed E-state index contributed by atoms with van der Waals surface area (Å²) in [4.78, 5) is 40.9. The highest BCUT2D eigenvalue weighted by molar-refractivity contribution is 5.78. The molecule has 7 heteroatoms. The van der Waals surface area contributed by atoms with E-state index in [0.29, 0.717) is 5.56 Å². The van der Waals surface area contributed by atoms with Crippen LogP contribution >= 0.6 is 0 Å². The molecular weight excluding hydrogens is 248 g/mol. The Kier molecular flexibility index (Phi) is 4.16. The fraction of sp³-hybridized carbons (Fsp3) is 0.583. The van der Waals surface area contributed by atoms with E-state index in [0.717, 1.165) is 25.9 Å². The Hall–Kier alpha value is -1.89. The highest BCUT2D eigenvalue weighted by Crippen LogP contribution is 2.14. The van der Waals surface area contributed by atoms with Crippen LogP contribution in [-0.2, 0) is 11.3 Å². The Labute approximate surface area is 110 Å². The quantitative estimate of drug-likeness (QED) is 0.655. The SMILES string of the molecule is CN1CCC[C@@H](C(=O)NCc2c[nH]c(=O)[nH]c2=O)C1. The molecule has 1 fully saturated rings.